The molecule has 0 saturated heterocycles. The average molecular weight is 333 g/mol. The third-order valence-corrected chi connectivity index (χ3v) is 4.88. The van der Waals surface area contributed by atoms with Crippen LogP contribution in [0.1, 0.15) is 33.4 Å². The summed E-state index contributed by atoms with van der Waals surface area (Å²) in [4.78, 5) is 0. The number of benzene rings is 2. The lowest BCUT2D eigenvalue weighted by Gasteiger charge is -2.14. The van der Waals surface area contributed by atoms with Crippen molar-refractivity contribution >= 4 is 15.9 Å². The third-order valence-electron chi connectivity index (χ3n) is 3.63. The van der Waals surface area contributed by atoms with Gasteiger partial charge in [0.2, 0.25) is 0 Å². The summed E-state index contributed by atoms with van der Waals surface area (Å²) in [6.07, 6.45) is 0. The Morgan fingerprint density at radius 3 is 1.80 bits per heavy atom. The van der Waals surface area contributed by atoms with E-state index in [0.717, 1.165) is 10.2 Å². The van der Waals surface area contributed by atoms with Gasteiger partial charge in [-0.05, 0) is 74.6 Å². The van der Waals surface area contributed by atoms with Crippen molar-refractivity contribution in [3.63, 3.8) is 0 Å². The van der Waals surface area contributed by atoms with Gasteiger partial charge in [-0.2, -0.15) is 0 Å². The summed E-state index contributed by atoms with van der Waals surface area (Å²) in [6.45, 7) is 11.2. The molecule has 0 spiro atoms. The Hall–Kier alpha value is -1.28. The van der Waals surface area contributed by atoms with Crippen molar-refractivity contribution in [1.82, 2.24) is 0 Å². The van der Waals surface area contributed by atoms with Crippen molar-refractivity contribution < 1.29 is 4.74 Å². The van der Waals surface area contributed by atoms with Gasteiger partial charge >= 0.3 is 0 Å². The van der Waals surface area contributed by atoms with Crippen molar-refractivity contribution in [1.29, 1.82) is 0 Å². The molecule has 2 rings (SSSR count). The molecule has 0 heterocycles. The van der Waals surface area contributed by atoms with Gasteiger partial charge in [-0.25, -0.2) is 0 Å². The first kappa shape index (κ1) is 15.1. The van der Waals surface area contributed by atoms with E-state index in [9.17, 15) is 0 Å². The van der Waals surface area contributed by atoms with E-state index in [4.69, 9.17) is 4.74 Å². The fourth-order valence-electron chi connectivity index (χ4n) is 2.58. The fraction of sp³-hybridized carbons (Fsp3) is 0.333. The van der Waals surface area contributed by atoms with E-state index >= 15 is 0 Å². The minimum absolute atomic E-state index is 0.623. The molecule has 0 aliphatic rings. The number of aryl methyl sites for hydroxylation is 5. The first-order valence-electron chi connectivity index (χ1n) is 6.84. The van der Waals surface area contributed by atoms with Crippen LogP contribution < -0.4 is 4.74 Å². The molecule has 0 saturated carbocycles. The Morgan fingerprint density at radius 1 is 0.800 bits per heavy atom. The van der Waals surface area contributed by atoms with Gasteiger partial charge in [-0.15, -0.1) is 0 Å². The van der Waals surface area contributed by atoms with E-state index in [2.05, 4.69) is 74.8 Å². The van der Waals surface area contributed by atoms with E-state index in [0.29, 0.717) is 6.61 Å². The van der Waals surface area contributed by atoms with Gasteiger partial charge in [0.1, 0.15) is 12.4 Å². The predicted molar refractivity (Wildman–Crippen MR) is 88.6 cm³/mol. The molecule has 2 heteroatoms. The van der Waals surface area contributed by atoms with Crippen LogP contribution in [0.4, 0.5) is 0 Å². The zero-order valence-corrected chi connectivity index (χ0v) is 14.4. The smallest absolute Gasteiger partial charge is 0.120 e. The van der Waals surface area contributed by atoms with Crippen LogP contribution in [0.25, 0.3) is 0 Å². The predicted octanol–water partition coefficient (Wildman–Crippen LogP) is 5.57. The van der Waals surface area contributed by atoms with Gasteiger partial charge in [0, 0.05) is 4.47 Å². The second-order valence-electron chi connectivity index (χ2n) is 5.54. The van der Waals surface area contributed by atoms with E-state index < -0.39 is 0 Å². The highest BCUT2D eigenvalue weighted by atomic mass is 79.9. The molecular formula is C18H21BrO. The van der Waals surface area contributed by atoms with E-state index in [-0.39, 0.29) is 0 Å². The molecule has 0 N–H and O–H groups in total. The number of hydrogen-bond acceptors (Lipinski definition) is 1. The quantitative estimate of drug-likeness (QED) is 0.713. The number of hydrogen-bond donors (Lipinski definition) is 0. The van der Waals surface area contributed by atoms with Crippen LogP contribution in [0.5, 0.6) is 5.75 Å². The van der Waals surface area contributed by atoms with Gasteiger partial charge in [-0.1, -0.05) is 33.6 Å². The van der Waals surface area contributed by atoms with Crippen LogP contribution >= 0.6 is 15.9 Å². The van der Waals surface area contributed by atoms with E-state index in [1.807, 2.05) is 0 Å². The molecule has 0 aromatic heterocycles. The van der Waals surface area contributed by atoms with Crippen LogP contribution in [0.2, 0.25) is 0 Å². The Labute approximate surface area is 130 Å². The van der Waals surface area contributed by atoms with Crippen LogP contribution in [0.3, 0.4) is 0 Å². The molecule has 2 aromatic rings. The van der Waals surface area contributed by atoms with E-state index in [1.165, 1.54) is 33.4 Å². The molecule has 106 valence electrons. The molecule has 0 amide bonds. The molecule has 0 aliphatic heterocycles. The van der Waals surface area contributed by atoms with Gasteiger partial charge < -0.3 is 4.74 Å². The van der Waals surface area contributed by atoms with Gasteiger partial charge in [0.25, 0.3) is 0 Å². The van der Waals surface area contributed by atoms with Gasteiger partial charge in [-0.3, -0.25) is 0 Å². The molecule has 0 fully saturated rings. The maximum Gasteiger partial charge on any atom is 0.120 e. The maximum absolute atomic E-state index is 5.99. The summed E-state index contributed by atoms with van der Waals surface area (Å²) < 4.78 is 7.15. The number of rotatable bonds is 3. The van der Waals surface area contributed by atoms with E-state index in [1.54, 1.807) is 0 Å². The topological polar surface area (TPSA) is 9.23 Å². The molecule has 0 aliphatic carbocycles. The van der Waals surface area contributed by atoms with Crippen molar-refractivity contribution in [2.75, 3.05) is 0 Å². The summed E-state index contributed by atoms with van der Waals surface area (Å²) in [5.74, 6) is 0.933. The highest BCUT2D eigenvalue weighted by Crippen LogP contribution is 2.27. The summed E-state index contributed by atoms with van der Waals surface area (Å²) in [6, 6.07) is 8.58. The number of halogens is 1. The monoisotopic (exact) mass is 332 g/mol. The third kappa shape index (κ3) is 3.24. The van der Waals surface area contributed by atoms with Crippen LogP contribution in [-0.4, -0.2) is 0 Å². The number of ether oxygens (including phenoxy) is 1. The standard InChI is InChI=1S/C18H21BrO/c1-11-6-12(2)17(13(3)7-11)10-20-16-8-14(4)18(19)15(5)9-16/h6-9H,10H2,1-5H3. The summed E-state index contributed by atoms with van der Waals surface area (Å²) >= 11 is 3.58. The van der Waals surface area contributed by atoms with Crippen LogP contribution in [0, 0.1) is 34.6 Å². The summed E-state index contributed by atoms with van der Waals surface area (Å²) in [5.41, 5.74) is 7.60. The molecule has 0 bridgehead atoms. The van der Waals surface area contributed by atoms with Crippen molar-refractivity contribution in [2.45, 2.75) is 41.2 Å². The molecule has 0 atom stereocenters. The molecule has 1 nitrogen and oxygen atoms in total. The Bertz CT molecular complexity index is 598. The van der Waals surface area contributed by atoms with Crippen molar-refractivity contribution in [2.24, 2.45) is 0 Å². The Kier molecular flexibility index (Phi) is 4.54. The highest BCUT2D eigenvalue weighted by molar-refractivity contribution is 9.10. The molecule has 0 unspecified atom stereocenters. The van der Waals surface area contributed by atoms with Gasteiger partial charge in [0.15, 0.2) is 0 Å². The summed E-state index contributed by atoms with van der Waals surface area (Å²) in [7, 11) is 0. The molecular weight excluding hydrogens is 312 g/mol. The fourth-order valence-corrected chi connectivity index (χ4v) is 2.81. The lowest BCUT2D eigenvalue weighted by atomic mass is 10.0. The van der Waals surface area contributed by atoms with Crippen LogP contribution in [0.15, 0.2) is 28.7 Å². The summed E-state index contributed by atoms with van der Waals surface area (Å²) in [5, 5.41) is 0. The van der Waals surface area contributed by atoms with Gasteiger partial charge in [0.05, 0.1) is 0 Å². The second kappa shape index (κ2) is 6.01. The molecule has 0 radical (unpaired) electrons. The normalized spacial score (nSPS) is 10.7. The second-order valence-corrected chi connectivity index (χ2v) is 6.33. The lowest BCUT2D eigenvalue weighted by Crippen LogP contribution is -2.02. The average Bonchev–Trinajstić information content (AvgIpc) is 2.34. The minimum Gasteiger partial charge on any atom is -0.489 e. The van der Waals surface area contributed by atoms with Crippen LogP contribution in [-0.2, 0) is 6.61 Å². The minimum atomic E-state index is 0.623. The lowest BCUT2D eigenvalue weighted by molar-refractivity contribution is 0.304. The first-order valence-corrected chi connectivity index (χ1v) is 7.64. The largest absolute Gasteiger partial charge is 0.489 e. The zero-order chi connectivity index (χ0) is 14.9. The molecule has 20 heavy (non-hydrogen) atoms. The Balaban J connectivity index is 2.21. The zero-order valence-electron chi connectivity index (χ0n) is 12.8. The van der Waals surface area contributed by atoms with Crippen molar-refractivity contribution in [3.8, 4) is 5.75 Å². The molecule has 2 aromatic carbocycles. The van der Waals surface area contributed by atoms with Crippen molar-refractivity contribution in [3.05, 3.63) is 62.1 Å². The first-order chi connectivity index (χ1) is 9.38. The highest BCUT2D eigenvalue weighted by Gasteiger charge is 2.07. The maximum atomic E-state index is 5.99. The Morgan fingerprint density at radius 2 is 1.30 bits per heavy atom. The SMILES string of the molecule is Cc1cc(C)c(COc2cc(C)c(Br)c(C)c2)c(C)c1.